The maximum Gasteiger partial charge on any atom is 0.338 e. The summed E-state index contributed by atoms with van der Waals surface area (Å²) in [4.78, 5) is 23.9. The van der Waals surface area contributed by atoms with Crippen LogP contribution in [0.3, 0.4) is 0 Å². The van der Waals surface area contributed by atoms with Crippen molar-refractivity contribution in [2.75, 3.05) is 13.2 Å². The molecule has 0 aromatic heterocycles. The van der Waals surface area contributed by atoms with Crippen molar-refractivity contribution < 1.29 is 24.2 Å². The molecule has 0 spiro atoms. The highest BCUT2D eigenvalue weighted by Gasteiger charge is 2.41. The summed E-state index contributed by atoms with van der Waals surface area (Å²) in [6, 6.07) is 17.5. The Morgan fingerprint density at radius 3 is 1.80 bits per heavy atom. The summed E-state index contributed by atoms with van der Waals surface area (Å²) in [7, 11) is 0. The van der Waals surface area contributed by atoms with Gasteiger partial charge in [-0.3, -0.25) is 0 Å². The van der Waals surface area contributed by atoms with E-state index in [-0.39, 0.29) is 31.0 Å². The van der Waals surface area contributed by atoms with E-state index in [2.05, 4.69) is 0 Å². The molecule has 0 aliphatic heterocycles. The molecular formula is C20H20O5. The van der Waals surface area contributed by atoms with Crippen molar-refractivity contribution in [2.45, 2.75) is 12.5 Å². The molecule has 1 N–H and O–H groups in total. The largest absolute Gasteiger partial charge is 0.462 e. The Hall–Kier alpha value is -2.66. The Labute approximate surface area is 146 Å². The highest BCUT2D eigenvalue weighted by atomic mass is 16.5. The highest BCUT2D eigenvalue weighted by Crippen LogP contribution is 2.35. The molecule has 130 valence electrons. The smallest absolute Gasteiger partial charge is 0.338 e. The second-order valence-corrected chi connectivity index (χ2v) is 6.16. The standard InChI is InChI=1S/C20H20O5/c21-18-11-16(12-24-19(22)14-7-3-1-4-8-14)17(18)13-25-20(23)15-9-5-2-6-10-15/h1-10,16-18,21H,11-13H2/t16-,17-,18+/m1/s1. The van der Waals surface area contributed by atoms with Gasteiger partial charge in [-0.25, -0.2) is 9.59 Å². The molecule has 0 saturated heterocycles. The minimum Gasteiger partial charge on any atom is -0.462 e. The van der Waals surface area contributed by atoms with Gasteiger partial charge < -0.3 is 14.6 Å². The molecule has 0 heterocycles. The van der Waals surface area contributed by atoms with E-state index < -0.39 is 12.1 Å². The lowest BCUT2D eigenvalue weighted by molar-refractivity contribution is -0.0852. The first kappa shape index (κ1) is 17.2. The van der Waals surface area contributed by atoms with E-state index in [0.29, 0.717) is 17.5 Å². The summed E-state index contributed by atoms with van der Waals surface area (Å²) in [6.45, 7) is 0.320. The van der Waals surface area contributed by atoms with Gasteiger partial charge in [-0.05, 0) is 30.7 Å². The molecule has 1 aliphatic carbocycles. The monoisotopic (exact) mass is 340 g/mol. The summed E-state index contributed by atoms with van der Waals surface area (Å²) >= 11 is 0. The van der Waals surface area contributed by atoms with Crippen molar-refractivity contribution >= 4 is 11.9 Å². The Bertz CT molecular complexity index is 713. The number of benzene rings is 2. The third kappa shape index (κ3) is 4.25. The average molecular weight is 340 g/mol. The molecule has 5 nitrogen and oxygen atoms in total. The predicted octanol–water partition coefficient (Wildman–Crippen LogP) is 2.70. The van der Waals surface area contributed by atoms with Crippen molar-refractivity contribution in [3.05, 3.63) is 71.8 Å². The summed E-state index contributed by atoms with van der Waals surface area (Å²) in [5, 5.41) is 9.91. The molecule has 1 saturated carbocycles. The molecule has 3 atom stereocenters. The van der Waals surface area contributed by atoms with Crippen LogP contribution in [-0.4, -0.2) is 36.4 Å². The highest BCUT2D eigenvalue weighted by molar-refractivity contribution is 5.89. The number of hydrogen-bond acceptors (Lipinski definition) is 5. The van der Waals surface area contributed by atoms with Crippen LogP contribution in [0, 0.1) is 11.8 Å². The van der Waals surface area contributed by atoms with Crippen molar-refractivity contribution in [3.8, 4) is 0 Å². The number of rotatable bonds is 6. The molecule has 5 heteroatoms. The van der Waals surface area contributed by atoms with Crippen molar-refractivity contribution in [1.29, 1.82) is 0 Å². The van der Waals surface area contributed by atoms with Gasteiger partial charge in [-0.2, -0.15) is 0 Å². The zero-order valence-corrected chi connectivity index (χ0v) is 13.7. The van der Waals surface area contributed by atoms with Gasteiger partial charge in [0, 0.05) is 11.8 Å². The summed E-state index contributed by atoms with van der Waals surface area (Å²) in [5.41, 5.74) is 0.970. The Morgan fingerprint density at radius 2 is 1.32 bits per heavy atom. The van der Waals surface area contributed by atoms with Crippen LogP contribution in [0.4, 0.5) is 0 Å². The third-order valence-corrected chi connectivity index (χ3v) is 4.50. The second-order valence-electron chi connectivity index (χ2n) is 6.16. The fourth-order valence-electron chi connectivity index (χ4n) is 2.89. The quantitative estimate of drug-likeness (QED) is 0.819. The number of aliphatic hydroxyl groups excluding tert-OH is 1. The molecule has 2 aromatic rings. The minimum absolute atomic E-state index is 0.00812. The summed E-state index contributed by atoms with van der Waals surface area (Å²) in [5.74, 6) is -1.02. The Balaban J connectivity index is 1.47. The zero-order valence-electron chi connectivity index (χ0n) is 13.7. The number of carbonyl (C=O) groups excluding carboxylic acids is 2. The van der Waals surface area contributed by atoms with Crippen LogP contribution in [0.25, 0.3) is 0 Å². The third-order valence-electron chi connectivity index (χ3n) is 4.50. The fourth-order valence-corrected chi connectivity index (χ4v) is 2.89. The maximum absolute atomic E-state index is 12.0. The maximum atomic E-state index is 12.0. The molecular weight excluding hydrogens is 320 g/mol. The van der Waals surface area contributed by atoms with Crippen LogP contribution in [-0.2, 0) is 9.47 Å². The average Bonchev–Trinajstić information content (AvgIpc) is 2.66. The van der Waals surface area contributed by atoms with Crippen molar-refractivity contribution in [1.82, 2.24) is 0 Å². The van der Waals surface area contributed by atoms with Crippen LogP contribution < -0.4 is 0 Å². The van der Waals surface area contributed by atoms with E-state index in [9.17, 15) is 14.7 Å². The molecule has 0 amide bonds. The molecule has 3 rings (SSSR count). The molecule has 0 radical (unpaired) electrons. The van der Waals surface area contributed by atoms with Crippen LogP contribution in [0.1, 0.15) is 27.1 Å². The first-order valence-corrected chi connectivity index (χ1v) is 8.27. The van der Waals surface area contributed by atoms with Gasteiger partial charge >= 0.3 is 11.9 Å². The number of ether oxygens (including phenoxy) is 2. The van der Waals surface area contributed by atoms with Crippen LogP contribution in [0.2, 0.25) is 0 Å². The summed E-state index contributed by atoms with van der Waals surface area (Å²) in [6.07, 6.45) is -0.000637. The molecule has 1 aliphatic rings. The minimum atomic E-state index is -0.538. The lowest BCUT2D eigenvalue weighted by atomic mass is 9.72. The van der Waals surface area contributed by atoms with E-state index in [1.807, 2.05) is 12.1 Å². The topological polar surface area (TPSA) is 72.8 Å². The first-order chi connectivity index (χ1) is 12.1. The van der Waals surface area contributed by atoms with E-state index >= 15 is 0 Å². The number of esters is 2. The number of aliphatic hydroxyl groups is 1. The van der Waals surface area contributed by atoms with Gasteiger partial charge in [0.15, 0.2) is 0 Å². The van der Waals surface area contributed by atoms with Gasteiger partial charge in [0.25, 0.3) is 0 Å². The van der Waals surface area contributed by atoms with E-state index in [4.69, 9.17) is 9.47 Å². The van der Waals surface area contributed by atoms with Crippen LogP contribution in [0.5, 0.6) is 0 Å². The van der Waals surface area contributed by atoms with Crippen LogP contribution >= 0.6 is 0 Å². The van der Waals surface area contributed by atoms with Gasteiger partial charge in [0.1, 0.15) is 0 Å². The van der Waals surface area contributed by atoms with Gasteiger partial charge in [-0.1, -0.05) is 36.4 Å². The van der Waals surface area contributed by atoms with E-state index in [0.717, 1.165) is 0 Å². The van der Waals surface area contributed by atoms with E-state index in [1.54, 1.807) is 48.5 Å². The Kier molecular flexibility index (Phi) is 5.46. The molecule has 0 bridgehead atoms. The first-order valence-electron chi connectivity index (χ1n) is 8.27. The normalized spacial score (nSPS) is 21.9. The lowest BCUT2D eigenvalue weighted by Crippen LogP contribution is -2.46. The molecule has 25 heavy (non-hydrogen) atoms. The van der Waals surface area contributed by atoms with Crippen molar-refractivity contribution in [3.63, 3.8) is 0 Å². The number of hydrogen-bond donors (Lipinski definition) is 1. The van der Waals surface area contributed by atoms with Gasteiger partial charge in [0.2, 0.25) is 0 Å². The molecule has 0 unspecified atom stereocenters. The van der Waals surface area contributed by atoms with E-state index in [1.165, 1.54) is 0 Å². The number of carbonyl (C=O) groups is 2. The predicted molar refractivity (Wildman–Crippen MR) is 91.1 cm³/mol. The summed E-state index contributed by atoms with van der Waals surface area (Å²) < 4.78 is 10.6. The second kappa shape index (κ2) is 7.94. The molecule has 2 aromatic carbocycles. The SMILES string of the molecule is O=C(OC[C@H]1C[C@H](O)[C@@H]1COC(=O)c1ccccc1)c1ccccc1. The van der Waals surface area contributed by atoms with Crippen LogP contribution in [0.15, 0.2) is 60.7 Å². The van der Waals surface area contributed by atoms with Gasteiger partial charge in [0.05, 0.1) is 30.4 Å². The molecule has 1 fully saturated rings. The zero-order chi connectivity index (χ0) is 17.6. The Morgan fingerprint density at radius 1 is 0.840 bits per heavy atom. The van der Waals surface area contributed by atoms with Gasteiger partial charge in [-0.15, -0.1) is 0 Å². The fraction of sp³-hybridized carbons (Fsp3) is 0.300. The lowest BCUT2D eigenvalue weighted by Gasteiger charge is -2.40. The van der Waals surface area contributed by atoms with Crippen molar-refractivity contribution in [2.24, 2.45) is 11.8 Å².